The topological polar surface area (TPSA) is 17.1 Å². The van der Waals surface area contributed by atoms with Gasteiger partial charge in [-0.3, -0.25) is 4.79 Å². The SMILES string of the molecule is CC[C@H](C)[C@H](C)C(C)=O. The highest BCUT2D eigenvalue weighted by Crippen LogP contribution is 2.14. The number of hydrogen-bond acceptors (Lipinski definition) is 1. The highest BCUT2D eigenvalue weighted by molar-refractivity contribution is 5.78. The quantitative estimate of drug-likeness (QED) is 0.569. The second kappa shape index (κ2) is 3.65. The molecule has 0 radical (unpaired) electrons. The lowest BCUT2D eigenvalue weighted by Gasteiger charge is -2.13. The molecule has 0 aromatic rings. The summed E-state index contributed by atoms with van der Waals surface area (Å²) in [6, 6.07) is 0. The van der Waals surface area contributed by atoms with Crippen molar-refractivity contribution >= 4 is 5.78 Å². The van der Waals surface area contributed by atoms with Gasteiger partial charge < -0.3 is 0 Å². The van der Waals surface area contributed by atoms with E-state index in [4.69, 9.17) is 0 Å². The maximum absolute atomic E-state index is 10.7. The van der Waals surface area contributed by atoms with Crippen molar-refractivity contribution in [1.82, 2.24) is 0 Å². The lowest BCUT2D eigenvalue weighted by molar-refractivity contribution is -0.121. The second-order valence-corrected chi connectivity index (χ2v) is 2.78. The number of carbonyl (C=O) groups is 1. The largest absolute Gasteiger partial charge is 0.300 e. The molecular formula is C8H16O. The van der Waals surface area contributed by atoms with E-state index in [0.717, 1.165) is 6.42 Å². The zero-order valence-electron chi connectivity index (χ0n) is 6.77. The zero-order chi connectivity index (χ0) is 7.44. The first-order valence-electron chi connectivity index (χ1n) is 3.60. The van der Waals surface area contributed by atoms with Crippen LogP contribution in [0.25, 0.3) is 0 Å². The molecule has 54 valence electrons. The van der Waals surface area contributed by atoms with Gasteiger partial charge in [0.25, 0.3) is 0 Å². The summed E-state index contributed by atoms with van der Waals surface area (Å²) in [5.41, 5.74) is 0. The Bertz CT molecular complexity index is 96.7. The summed E-state index contributed by atoms with van der Waals surface area (Å²) in [6.07, 6.45) is 1.10. The Morgan fingerprint density at radius 3 is 2.00 bits per heavy atom. The molecule has 0 rings (SSSR count). The Morgan fingerprint density at radius 1 is 1.44 bits per heavy atom. The van der Waals surface area contributed by atoms with E-state index in [1.54, 1.807) is 6.92 Å². The summed E-state index contributed by atoms with van der Waals surface area (Å²) in [6.45, 7) is 7.89. The van der Waals surface area contributed by atoms with Crippen LogP contribution in [0.5, 0.6) is 0 Å². The summed E-state index contributed by atoms with van der Waals surface area (Å²) < 4.78 is 0. The van der Waals surface area contributed by atoms with Crippen molar-refractivity contribution in [3.05, 3.63) is 0 Å². The Hall–Kier alpha value is -0.330. The number of hydrogen-bond donors (Lipinski definition) is 0. The standard InChI is InChI=1S/C8H16O/c1-5-6(2)7(3)8(4)9/h6-7H,5H2,1-4H3/t6-,7-/m0/s1. The molecule has 0 aromatic carbocycles. The molecule has 0 unspecified atom stereocenters. The normalized spacial score (nSPS) is 16.9. The molecule has 0 aliphatic heterocycles. The molecule has 0 aliphatic rings. The van der Waals surface area contributed by atoms with Crippen molar-refractivity contribution in [3.63, 3.8) is 0 Å². The van der Waals surface area contributed by atoms with Crippen LogP contribution in [0.4, 0.5) is 0 Å². The van der Waals surface area contributed by atoms with Crippen LogP contribution in [-0.2, 0) is 4.79 Å². The van der Waals surface area contributed by atoms with Gasteiger partial charge in [-0.2, -0.15) is 0 Å². The van der Waals surface area contributed by atoms with E-state index in [2.05, 4.69) is 13.8 Å². The second-order valence-electron chi connectivity index (χ2n) is 2.78. The van der Waals surface area contributed by atoms with Gasteiger partial charge in [0.1, 0.15) is 5.78 Å². The Balaban J connectivity index is 3.72. The zero-order valence-corrected chi connectivity index (χ0v) is 6.77. The fourth-order valence-corrected chi connectivity index (χ4v) is 0.754. The third kappa shape index (κ3) is 2.64. The first-order chi connectivity index (χ1) is 4.09. The lowest BCUT2D eigenvalue weighted by Crippen LogP contribution is -2.14. The van der Waals surface area contributed by atoms with Gasteiger partial charge in [0.05, 0.1) is 0 Å². The molecule has 0 aliphatic carbocycles. The molecule has 0 fully saturated rings. The summed E-state index contributed by atoms with van der Waals surface area (Å²) in [5, 5.41) is 0. The van der Waals surface area contributed by atoms with Crippen molar-refractivity contribution in [2.24, 2.45) is 11.8 Å². The first kappa shape index (κ1) is 8.67. The first-order valence-corrected chi connectivity index (χ1v) is 3.60. The summed E-state index contributed by atoms with van der Waals surface area (Å²) in [4.78, 5) is 10.7. The fraction of sp³-hybridized carbons (Fsp3) is 0.875. The summed E-state index contributed by atoms with van der Waals surface area (Å²) in [7, 11) is 0. The van der Waals surface area contributed by atoms with Gasteiger partial charge in [0, 0.05) is 5.92 Å². The Morgan fingerprint density at radius 2 is 1.89 bits per heavy atom. The molecular weight excluding hydrogens is 112 g/mol. The van der Waals surface area contributed by atoms with Gasteiger partial charge in [-0.15, -0.1) is 0 Å². The molecule has 2 atom stereocenters. The number of ketones is 1. The maximum Gasteiger partial charge on any atom is 0.132 e. The highest BCUT2D eigenvalue weighted by atomic mass is 16.1. The van der Waals surface area contributed by atoms with Gasteiger partial charge in [0.15, 0.2) is 0 Å². The molecule has 0 aromatic heterocycles. The van der Waals surface area contributed by atoms with Crippen LogP contribution in [0.1, 0.15) is 34.1 Å². The van der Waals surface area contributed by atoms with Crippen LogP contribution >= 0.6 is 0 Å². The van der Waals surface area contributed by atoms with Gasteiger partial charge in [-0.1, -0.05) is 27.2 Å². The van der Waals surface area contributed by atoms with Gasteiger partial charge in [-0.25, -0.2) is 0 Å². The minimum Gasteiger partial charge on any atom is -0.300 e. The minimum absolute atomic E-state index is 0.245. The molecule has 9 heavy (non-hydrogen) atoms. The van der Waals surface area contributed by atoms with E-state index >= 15 is 0 Å². The predicted octanol–water partition coefficient (Wildman–Crippen LogP) is 2.26. The van der Waals surface area contributed by atoms with Crippen LogP contribution in [0.2, 0.25) is 0 Å². The van der Waals surface area contributed by atoms with Gasteiger partial charge in [0.2, 0.25) is 0 Å². The van der Waals surface area contributed by atoms with Crippen LogP contribution in [-0.4, -0.2) is 5.78 Å². The molecule has 1 heteroatoms. The lowest BCUT2D eigenvalue weighted by atomic mass is 9.91. The van der Waals surface area contributed by atoms with Crippen molar-refractivity contribution in [2.45, 2.75) is 34.1 Å². The summed E-state index contributed by atoms with van der Waals surface area (Å²) in [5.74, 6) is 1.10. The van der Waals surface area contributed by atoms with Crippen LogP contribution in [0.3, 0.4) is 0 Å². The van der Waals surface area contributed by atoms with E-state index in [0.29, 0.717) is 11.7 Å². The minimum atomic E-state index is 0.245. The number of Topliss-reactive ketones (excluding diaryl/α,β-unsaturated/α-hetero) is 1. The third-order valence-electron chi connectivity index (χ3n) is 2.14. The smallest absolute Gasteiger partial charge is 0.132 e. The van der Waals surface area contributed by atoms with Crippen LogP contribution < -0.4 is 0 Å². The Labute approximate surface area is 57.5 Å². The molecule has 0 saturated carbocycles. The molecule has 0 N–H and O–H groups in total. The Kier molecular flexibility index (Phi) is 3.52. The van der Waals surface area contributed by atoms with Gasteiger partial charge in [-0.05, 0) is 12.8 Å². The van der Waals surface area contributed by atoms with Gasteiger partial charge >= 0.3 is 0 Å². The van der Waals surface area contributed by atoms with E-state index < -0.39 is 0 Å². The average Bonchev–Trinajstić information content (AvgIpc) is 1.84. The van der Waals surface area contributed by atoms with Crippen LogP contribution in [0, 0.1) is 11.8 Å². The molecule has 0 heterocycles. The van der Waals surface area contributed by atoms with Crippen LogP contribution in [0.15, 0.2) is 0 Å². The molecule has 1 nitrogen and oxygen atoms in total. The predicted molar refractivity (Wildman–Crippen MR) is 39.3 cm³/mol. The van der Waals surface area contributed by atoms with E-state index in [9.17, 15) is 4.79 Å². The molecule has 0 saturated heterocycles. The molecule has 0 spiro atoms. The fourth-order valence-electron chi connectivity index (χ4n) is 0.754. The summed E-state index contributed by atoms with van der Waals surface area (Å²) >= 11 is 0. The maximum atomic E-state index is 10.7. The number of rotatable bonds is 3. The molecule has 0 bridgehead atoms. The van der Waals surface area contributed by atoms with E-state index in [1.165, 1.54) is 0 Å². The highest BCUT2D eigenvalue weighted by Gasteiger charge is 2.13. The monoisotopic (exact) mass is 128 g/mol. The third-order valence-corrected chi connectivity index (χ3v) is 2.14. The van der Waals surface area contributed by atoms with Crippen molar-refractivity contribution in [2.75, 3.05) is 0 Å². The van der Waals surface area contributed by atoms with E-state index in [-0.39, 0.29) is 5.92 Å². The van der Waals surface area contributed by atoms with Crippen molar-refractivity contribution in [1.29, 1.82) is 0 Å². The van der Waals surface area contributed by atoms with E-state index in [1.807, 2.05) is 6.92 Å². The van der Waals surface area contributed by atoms with Crippen molar-refractivity contribution in [3.8, 4) is 0 Å². The molecule has 0 amide bonds. The van der Waals surface area contributed by atoms with Crippen molar-refractivity contribution < 1.29 is 4.79 Å². The average molecular weight is 128 g/mol. The number of carbonyl (C=O) groups excluding carboxylic acids is 1.